The molecule has 1 aliphatic heterocycles. The number of amides is 1. The van der Waals surface area contributed by atoms with Crippen molar-refractivity contribution >= 4 is 40.1 Å². The molecule has 1 amide bonds. The highest BCUT2D eigenvalue weighted by Gasteiger charge is 2.18. The Kier molecular flexibility index (Phi) is 5.14. The molecule has 2 N–H and O–H groups in total. The van der Waals surface area contributed by atoms with Gasteiger partial charge in [-0.2, -0.15) is 0 Å². The van der Waals surface area contributed by atoms with Gasteiger partial charge in [-0.15, -0.1) is 0 Å². The lowest BCUT2D eigenvalue weighted by Crippen LogP contribution is -2.26. The summed E-state index contributed by atoms with van der Waals surface area (Å²) in [5.74, 6) is 0.490. The minimum absolute atomic E-state index is 0.0902. The molecule has 0 bridgehead atoms. The molecule has 0 aliphatic carbocycles. The zero-order valence-corrected chi connectivity index (χ0v) is 12.8. The second-order valence-electron chi connectivity index (χ2n) is 4.21. The summed E-state index contributed by atoms with van der Waals surface area (Å²) in [7, 11) is 1.55. The summed E-state index contributed by atoms with van der Waals surface area (Å²) in [6, 6.07) is 5.14. The average Bonchev–Trinajstić information content (AvgIpc) is 2.91. The maximum absolute atomic E-state index is 12.1. The lowest BCUT2D eigenvalue weighted by Gasteiger charge is -2.12. The van der Waals surface area contributed by atoms with E-state index in [0.29, 0.717) is 16.5 Å². The van der Waals surface area contributed by atoms with Gasteiger partial charge >= 0.3 is 0 Å². The lowest BCUT2D eigenvalue weighted by molar-refractivity contribution is -0.115. The molecule has 1 aliphatic rings. The third-order valence-electron chi connectivity index (χ3n) is 2.72. The normalized spacial score (nSPS) is 15.2. The Balaban J connectivity index is 1.94. The van der Waals surface area contributed by atoms with Crippen LogP contribution in [0.3, 0.4) is 0 Å². The Hall–Kier alpha value is -1.40. The van der Waals surface area contributed by atoms with Gasteiger partial charge in [0.1, 0.15) is 5.75 Å². The number of thioether (sulfide) groups is 1. The van der Waals surface area contributed by atoms with Crippen LogP contribution in [-0.4, -0.2) is 36.5 Å². The van der Waals surface area contributed by atoms with Crippen molar-refractivity contribution in [2.75, 3.05) is 25.5 Å². The summed E-state index contributed by atoms with van der Waals surface area (Å²) in [6.45, 7) is 3.45. The van der Waals surface area contributed by atoms with Crippen LogP contribution >= 0.6 is 23.4 Å². The number of hydrogen-bond donors (Lipinski definition) is 2. The molecule has 5 nitrogen and oxygen atoms in total. The summed E-state index contributed by atoms with van der Waals surface area (Å²) in [4.78, 5) is 16.3. The molecule has 0 aromatic heterocycles. The van der Waals surface area contributed by atoms with Crippen LogP contribution in [0.25, 0.3) is 0 Å². The summed E-state index contributed by atoms with van der Waals surface area (Å²) < 4.78 is 5.07. The number of ether oxygens (including phenoxy) is 1. The van der Waals surface area contributed by atoms with E-state index in [4.69, 9.17) is 16.3 Å². The molecule has 2 rings (SSSR count). The van der Waals surface area contributed by atoms with Crippen molar-refractivity contribution in [2.45, 2.75) is 12.2 Å². The van der Waals surface area contributed by atoms with Crippen molar-refractivity contribution in [3.8, 4) is 5.75 Å². The maximum Gasteiger partial charge on any atom is 0.237 e. The minimum Gasteiger partial charge on any atom is -0.495 e. The number of nitrogens with zero attached hydrogens (tertiary/aromatic N) is 1. The molecule has 20 heavy (non-hydrogen) atoms. The molecule has 0 fully saturated rings. The second kappa shape index (κ2) is 6.85. The molecule has 0 spiro atoms. The van der Waals surface area contributed by atoms with Gasteiger partial charge in [0.15, 0.2) is 5.17 Å². The Morgan fingerprint density at radius 2 is 2.40 bits per heavy atom. The van der Waals surface area contributed by atoms with Crippen molar-refractivity contribution in [3.63, 3.8) is 0 Å². The monoisotopic (exact) mass is 313 g/mol. The largest absolute Gasteiger partial charge is 0.495 e. The topological polar surface area (TPSA) is 62.7 Å². The fourth-order valence-electron chi connectivity index (χ4n) is 1.66. The summed E-state index contributed by atoms with van der Waals surface area (Å²) >= 11 is 7.43. The summed E-state index contributed by atoms with van der Waals surface area (Å²) in [5, 5.41) is 7.00. The van der Waals surface area contributed by atoms with E-state index in [0.717, 1.165) is 18.3 Å². The van der Waals surface area contributed by atoms with Crippen molar-refractivity contribution < 1.29 is 9.53 Å². The number of nitrogens with one attached hydrogen (secondary N) is 2. The van der Waals surface area contributed by atoms with Crippen molar-refractivity contribution in [3.05, 3.63) is 23.2 Å². The molecular formula is C13H16ClN3O2S. The van der Waals surface area contributed by atoms with Crippen LogP contribution in [0.2, 0.25) is 5.02 Å². The van der Waals surface area contributed by atoms with Crippen LogP contribution in [0.5, 0.6) is 5.75 Å². The van der Waals surface area contributed by atoms with Gasteiger partial charge in [-0.3, -0.25) is 9.79 Å². The van der Waals surface area contributed by atoms with Crippen LogP contribution in [-0.2, 0) is 4.79 Å². The van der Waals surface area contributed by atoms with Gasteiger partial charge < -0.3 is 15.4 Å². The quantitative estimate of drug-likeness (QED) is 0.896. The predicted molar refractivity (Wildman–Crippen MR) is 84.0 cm³/mol. The first kappa shape index (κ1) is 15.0. The number of anilines is 1. The first-order valence-corrected chi connectivity index (χ1v) is 7.45. The number of halogens is 1. The average molecular weight is 314 g/mol. The molecular weight excluding hydrogens is 298 g/mol. The smallest absolute Gasteiger partial charge is 0.237 e. The molecule has 1 aromatic rings. The SMILES string of the molecule is COc1ccc(NC(=O)[C@H](C)SC2=NCCN2)cc1Cl. The van der Waals surface area contributed by atoms with E-state index in [-0.39, 0.29) is 11.2 Å². The number of benzene rings is 1. The van der Waals surface area contributed by atoms with Crippen molar-refractivity contribution in [1.29, 1.82) is 0 Å². The Labute approximate surface area is 127 Å². The first-order chi connectivity index (χ1) is 9.60. The molecule has 108 valence electrons. The van der Waals surface area contributed by atoms with Crippen LogP contribution in [0.15, 0.2) is 23.2 Å². The molecule has 0 unspecified atom stereocenters. The van der Waals surface area contributed by atoms with E-state index in [9.17, 15) is 4.79 Å². The number of amidine groups is 1. The van der Waals surface area contributed by atoms with Crippen molar-refractivity contribution in [2.24, 2.45) is 4.99 Å². The highest BCUT2D eigenvalue weighted by atomic mass is 35.5. The lowest BCUT2D eigenvalue weighted by atomic mass is 10.3. The van der Waals surface area contributed by atoms with Crippen LogP contribution in [0.4, 0.5) is 5.69 Å². The van der Waals surface area contributed by atoms with E-state index in [1.54, 1.807) is 25.3 Å². The first-order valence-electron chi connectivity index (χ1n) is 6.19. The van der Waals surface area contributed by atoms with Gasteiger partial charge in [0.2, 0.25) is 5.91 Å². The number of aliphatic imine (C=N–C) groups is 1. The third-order valence-corrected chi connectivity index (χ3v) is 4.08. The van der Waals surface area contributed by atoms with E-state index in [1.165, 1.54) is 11.8 Å². The fourth-order valence-corrected chi connectivity index (χ4v) is 2.77. The zero-order valence-electron chi connectivity index (χ0n) is 11.3. The standard InChI is InChI=1S/C13H16ClN3O2S/c1-8(20-13-15-5-6-16-13)12(18)17-9-3-4-11(19-2)10(14)7-9/h3-4,7-8H,5-6H2,1-2H3,(H,15,16)(H,17,18)/t8-/m0/s1. The van der Waals surface area contributed by atoms with Crippen LogP contribution in [0.1, 0.15) is 6.92 Å². The Morgan fingerprint density at radius 1 is 1.60 bits per heavy atom. The third kappa shape index (κ3) is 3.80. The molecule has 0 radical (unpaired) electrons. The van der Waals surface area contributed by atoms with Gasteiger partial charge in [-0.05, 0) is 25.1 Å². The van der Waals surface area contributed by atoms with Gasteiger partial charge in [0.25, 0.3) is 0 Å². The van der Waals surface area contributed by atoms with E-state index in [1.807, 2.05) is 6.92 Å². The minimum atomic E-state index is -0.236. The van der Waals surface area contributed by atoms with Gasteiger partial charge in [0, 0.05) is 12.2 Å². The van der Waals surface area contributed by atoms with Gasteiger partial charge in [-0.25, -0.2) is 0 Å². The van der Waals surface area contributed by atoms with Gasteiger partial charge in [-0.1, -0.05) is 23.4 Å². The van der Waals surface area contributed by atoms with Crippen LogP contribution in [0, 0.1) is 0 Å². The Morgan fingerprint density at radius 3 is 3.00 bits per heavy atom. The second-order valence-corrected chi connectivity index (χ2v) is 5.95. The molecule has 1 aromatic carbocycles. The maximum atomic E-state index is 12.1. The predicted octanol–water partition coefficient (Wildman–Crippen LogP) is 2.37. The van der Waals surface area contributed by atoms with E-state index >= 15 is 0 Å². The zero-order chi connectivity index (χ0) is 14.5. The van der Waals surface area contributed by atoms with Gasteiger partial charge in [0.05, 0.1) is 23.9 Å². The highest BCUT2D eigenvalue weighted by Crippen LogP contribution is 2.27. The summed E-state index contributed by atoms with van der Waals surface area (Å²) in [6.07, 6.45) is 0. The number of hydrogen-bond acceptors (Lipinski definition) is 5. The Bertz CT molecular complexity index is 536. The van der Waals surface area contributed by atoms with E-state index < -0.39 is 0 Å². The number of carbonyl (C=O) groups excluding carboxylic acids is 1. The molecule has 1 atom stereocenters. The number of rotatable bonds is 4. The summed E-state index contributed by atoms with van der Waals surface area (Å²) in [5.41, 5.74) is 0.648. The van der Waals surface area contributed by atoms with Crippen LogP contribution < -0.4 is 15.4 Å². The molecule has 1 heterocycles. The molecule has 7 heteroatoms. The number of carbonyl (C=O) groups is 1. The fraction of sp³-hybridized carbons (Fsp3) is 0.385. The van der Waals surface area contributed by atoms with E-state index in [2.05, 4.69) is 15.6 Å². The molecule has 0 saturated heterocycles. The van der Waals surface area contributed by atoms with Crippen molar-refractivity contribution in [1.82, 2.24) is 5.32 Å². The number of methoxy groups -OCH3 is 1. The molecule has 0 saturated carbocycles. The highest BCUT2D eigenvalue weighted by molar-refractivity contribution is 8.14.